The first-order valence-electron chi connectivity index (χ1n) is 10.5. The van der Waals surface area contributed by atoms with E-state index in [4.69, 9.17) is 0 Å². The summed E-state index contributed by atoms with van der Waals surface area (Å²) in [5, 5.41) is 6.86. The lowest BCUT2D eigenvalue weighted by molar-refractivity contribution is 0.690. The zero-order valence-corrected chi connectivity index (χ0v) is 16.9. The SMILES string of the molecule is Cc1cccc2cccnc12.c1ccc2c(c1)ccc1c3c(ccc12)CCCC3. The van der Waals surface area contributed by atoms with Crippen molar-refractivity contribution in [3.8, 4) is 0 Å². The first kappa shape index (κ1) is 17.9. The van der Waals surface area contributed by atoms with Crippen LogP contribution in [0.25, 0.3) is 32.4 Å². The third-order valence-electron chi connectivity index (χ3n) is 6.09. The molecule has 1 nitrogen and oxygen atoms in total. The van der Waals surface area contributed by atoms with Crippen LogP contribution in [0.4, 0.5) is 0 Å². The van der Waals surface area contributed by atoms with Crippen molar-refractivity contribution in [1.29, 1.82) is 0 Å². The van der Waals surface area contributed by atoms with Crippen molar-refractivity contribution in [2.24, 2.45) is 0 Å². The molecule has 142 valence electrons. The maximum atomic E-state index is 4.28. The normalized spacial score (nSPS) is 13.1. The summed E-state index contributed by atoms with van der Waals surface area (Å²) in [5.74, 6) is 0. The molecule has 6 rings (SSSR count). The number of rotatable bonds is 0. The van der Waals surface area contributed by atoms with Crippen LogP contribution in [0.1, 0.15) is 29.5 Å². The van der Waals surface area contributed by atoms with Crippen molar-refractivity contribution < 1.29 is 0 Å². The van der Waals surface area contributed by atoms with Crippen LogP contribution in [0, 0.1) is 6.92 Å². The average molecular weight is 376 g/mol. The Bertz CT molecular complexity index is 1310. The smallest absolute Gasteiger partial charge is 0.0731 e. The predicted octanol–water partition coefficient (Wildman–Crippen LogP) is 7.42. The van der Waals surface area contributed by atoms with Gasteiger partial charge >= 0.3 is 0 Å². The average Bonchev–Trinajstić information content (AvgIpc) is 2.79. The van der Waals surface area contributed by atoms with Gasteiger partial charge in [-0.2, -0.15) is 0 Å². The van der Waals surface area contributed by atoms with Gasteiger partial charge in [0, 0.05) is 11.6 Å². The highest BCUT2D eigenvalue weighted by molar-refractivity contribution is 6.08. The number of nitrogens with zero attached hydrogens (tertiary/aromatic N) is 1. The van der Waals surface area contributed by atoms with E-state index in [1.54, 1.807) is 11.1 Å². The summed E-state index contributed by atoms with van der Waals surface area (Å²) < 4.78 is 0. The summed E-state index contributed by atoms with van der Waals surface area (Å²) in [4.78, 5) is 4.28. The van der Waals surface area contributed by atoms with Crippen molar-refractivity contribution in [2.45, 2.75) is 32.6 Å². The monoisotopic (exact) mass is 375 g/mol. The molecule has 5 aromatic rings. The molecule has 4 aromatic carbocycles. The molecular formula is C28H25N. The Balaban J connectivity index is 0.000000142. The highest BCUT2D eigenvalue weighted by atomic mass is 14.6. The zero-order chi connectivity index (χ0) is 19.6. The van der Waals surface area contributed by atoms with Crippen molar-refractivity contribution in [3.63, 3.8) is 0 Å². The van der Waals surface area contributed by atoms with Crippen molar-refractivity contribution in [3.05, 3.63) is 102 Å². The molecule has 0 aliphatic heterocycles. The van der Waals surface area contributed by atoms with E-state index in [-0.39, 0.29) is 0 Å². The standard InChI is InChI=1S/C18H16.C10H9N/c1-3-7-15-13(5-1)9-11-18-16-8-4-2-6-14(16)10-12-17(15)18;1-8-4-2-5-9-6-3-7-11-10(8)9/h1,3,5,7,9-12H,2,4,6,8H2;2-7H,1H3. The summed E-state index contributed by atoms with van der Waals surface area (Å²) in [6.07, 6.45) is 7.05. The maximum Gasteiger partial charge on any atom is 0.0731 e. The van der Waals surface area contributed by atoms with Gasteiger partial charge in [-0.05, 0) is 76.9 Å². The van der Waals surface area contributed by atoms with Gasteiger partial charge < -0.3 is 0 Å². The van der Waals surface area contributed by atoms with Crippen LogP contribution >= 0.6 is 0 Å². The quantitative estimate of drug-likeness (QED) is 0.257. The number of fused-ring (bicyclic) bond motifs is 6. The fourth-order valence-corrected chi connectivity index (χ4v) is 4.60. The van der Waals surface area contributed by atoms with Crippen LogP contribution in [0.15, 0.2) is 85.1 Å². The summed E-state index contributed by atoms with van der Waals surface area (Å²) in [6.45, 7) is 2.08. The van der Waals surface area contributed by atoms with Crippen molar-refractivity contribution in [2.75, 3.05) is 0 Å². The first-order valence-corrected chi connectivity index (χ1v) is 10.5. The molecule has 1 heteroatoms. The largest absolute Gasteiger partial charge is 0.256 e. The van der Waals surface area contributed by atoms with Gasteiger partial charge in [-0.15, -0.1) is 0 Å². The molecule has 0 N–H and O–H groups in total. The van der Waals surface area contributed by atoms with E-state index in [9.17, 15) is 0 Å². The molecule has 1 aliphatic carbocycles. The number of pyridine rings is 1. The minimum atomic E-state index is 1.11. The second-order valence-electron chi connectivity index (χ2n) is 7.94. The molecule has 0 fully saturated rings. The molecule has 1 aromatic heterocycles. The van der Waals surface area contributed by atoms with E-state index < -0.39 is 0 Å². The second kappa shape index (κ2) is 7.67. The molecule has 0 unspecified atom stereocenters. The Kier molecular flexibility index (Phi) is 4.73. The topological polar surface area (TPSA) is 12.9 Å². The van der Waals surface area contributed by atoms with E-state index in [2.05, 4.69) is 84.7 Å². The highest BCUT2D eigenvalue weighted by Gasteiger charge is 2.13. The van der Waals surface area contributed by atoms with Crippen LogP contribution in [-0.2, 0) is 12.8 Å². The molecule has 0 saturated carbocycles. The molecule has 29 heavy (non-hydrogen) atoms. The highest BCUT2D eigenvalue weighted by Crippen LogP contribution is 2.33. The van der Waals surface area contributed by atoms with Gasteiger partial charge in [-0.3, -0.25) is 4.98 Å². The third-order valence-corrected chi connectivity index (χ3v) is 6.09. The number of hydrogen-bond acceptors (Lipinski definition) is 1. The lowest BCUT2D eigenvalue weighted by Gasteiger charge is -2.18. The van der Waals surface area contributed by atoms with Crippen LogP contribution in [-0.4, -0.2) is 4.98 Å². The summed E-state index contributed by atoms with van der Waals surface area (Å²) in [5.41, 5.74) is 5.52. The number of aromatic nitrogens is 1. The number of hydrogen-bond donors (Lipinski definition) is 0. The van der Waals surface area contributed by atoms with E-state index in [1.807, 2.05) is 12.3 Å². The Hall–Kier alpha value is -3.19. The molecule has 0 amide bonds. The number of para-hydroxylation sites is 1. The molecule has 0 atom stereocenters. The van der Waals surface area contributed by atoms with Gasteiger partial charge in [0.2, 0.25) is 0 Å². The Morgan fingerprint density at radius 3 is 2.34 bits per heavy atom. The molecule has 1 aliphatic rings. The number of aryl methyl sites for hydroxylation is 3. The van der Waals surface area contributed by atoms with Gasteiger partial charge in [0.25, 0.3) is 0 Å². The summed E-state index contributed by atoms with van der Waals surface area (Å²) in [7, 11) is 0. The van der Waals surface area contributed by atoms with Gasteiger partial charge in [0.15, 0.2) is 0 Å². The minimum absolute atomic E-state index is 1.11. The summed E-state index contributed by atoms with van der Waals surface area (Å²) >= 11 is 0. The Labute approximate surface area is 172 Å². The first-order chi connectivity index (χ1) is 14.3. The molecular weight excluding hydrogens is 350 g/mol. The fourth-order valence-electron chi connectivity index (χ4n) is 4.60. The molecule has 1 heterocycles. The van der Waals surface area contributed by atoms with Crippen molar-refractivity contribution in [1.82, 2.24) is 4.98 Å². The van der Waals surface area contributed by atoms with Crippen molar-refractivity contribution >= 4 is 32.4 Å². The fraction of sp³-hybridized carbons (Fsp3) is 0.179. The second-order valence-corrected chi connectivity index (χ2v) is 7.94. The van der Waals surface area contributed by atoms with Crippen LogP contribution in [0.2, 0.25) is 0 Å². The molecule has 0 saturated heterocycles. The Morgan fingerprint density at radius 1 is 0.621 bits per heavy atom. The van der Waals surface area contributed by atoms with E-state index in [1.165, 1.54) is 58.2 Å². The van der Waals surface area contributed by atoms with E-state index in [0.29, 0.717) is 0 Å². The third kappa shape index (κ3) is 3.38. The number of benzene rings is 4. The van der Waals surface area contributed by atoms with Crippen LogP contribution < -0.4 is 0 Å². The predicted molar refractivity (Wildman–Crippen MR) is 125 cm³/mol. The van der Waals surface area contributed by atoms with Gasteiger partial charge in [-0.25, -0.2) is 0 Å². The maximum absolute atomic E-state index is 4.28. The van der Waals surface area contributed by atoms with E-state index >= 15 is 0 Å². The van der Waals surface area contributed by atoms with E-state index in [0.717, 1.165) is 5.52 Å². The lowest BCUT2D eigenvalue weighted by atomic mass is 9.86. The van der Waals surface area contributed by atoms with Crippen LogP contribution in [0.3, 0.4) is 0 Å². The molecule has 0 radical (unpaired) electrons. The Morgan fingerprint density at radius 2 is 1.41 bits per heavy atom. The minimum Gasteiger partial charge on any atom is -0.256 e. The van der Waals surface area contributed by atoms with Gasteiger partial charge in [-0.1, -0.05) is 72.8 Å². The molecule has 0 bridgehead atoms. The summed E-state index contributed by atoms with van der Waals surface area (Å²) in [6, 6.07) is 28.2. The van der Waals surface area contributed by atoms with Gasteiger partial charge in [0.1, 0.15) is 0 Å². The van der Waals surface area contributed by atoms with Crippen LogP contribution in [0.5, 0.6) is 0 Å². The molecule has 0 spiro atoms. The van der Waals surface area contributed by atoms with Gasteiger partial charge in [0.05, 0.1) is 5.52 Å². The zero-order valence-electron chi connectivity index (χ0n) is 16.9. The lowest BCUT2D eigenvalue weighted by Crippen LogP contribution is -2.02.